The zero-order chi connectivity index (χ0) is 16.9. The number of benzene rings is 1. The predicted molar refractivity (Wildman–Crippen MR) is 89.7 cm³/mol. The van der Waals surface area contributed by atoms with Crippen LogP contribution in [0.15, 0.2) is 48.8 Å². The first kappa shape index (κ1) is 16.1. The van der Waals surface area contributed by atoms with Crippen LogP contribution in [0, 0.1) is 0 Å². The molecule has 0 atom stereocenters. The van der Waals surface area contributed by atoms with Crippen LogP contribution in [-0.4, -0.2) is 37.6 Å². The van der Waals surface area contributed by atoms with Gasteiger partial charge in [0.15, 0.2) is 0 Å². The van der Waals surface area contributed by atoms with Crippen molar-refractivity contribution in [1.29, 1.82) is 0 Å². The molecule has 0 radical (unpaired) electrons. The molecule has 0 spiro atoms. The van der Waals surface area contributed by atoms with Gasteiger partial charge in [0.05, 0.1) is 36.8 Å². The molecule has 122 valence electrons. The number of nitrogens with zero attached hydrogens (tertiary/aromatic N) is 4. The summed E-state index contributed by atoms with van der Waals surface area (Å²) in [6.45, 7) is 0.166. The third-order valence-electron chi connectivity index (χ3n) is 3.32. The van der Waals surface area contributed by atoms with E-state index in [-0.39, 0.29) is 19.1 Å². The van der Waals surface area contributed by atoms with Crippen molar-refractivity contribution in [3.63, 3.8) is 0 Å². The molecular weight excluding hydrogens is 330 g/mol. The second kappa shape index (κ2) is 7.20. The maximum Gasteiger partial charge on any atom is 0.258 e. The van der Waals surface area contributed by atoms with Crippen LogP contribution in [-0.2, 0) is 6.54 Å². The molecule has 7 nitrogen and oxygen atoms in total. The minimum Gasteiger partial charge on any atom is -0.394 e. The maximum atomic E-state index is 12.3. The van der Waals surface area contributed by atoms with E-state index in [2.05, 4.69) is 20.6 Å². The summed E-state index contributed by atoms with van der Waals surface area (Å²) in [7, 11) is 0. The van der Waals surface area contributed by atoms with Crippen molar-refractivity contribution in [3.8, 4) is 11.3 Å². The van der Waals surface area contributed by atoms with Crippen LogP contribution in [0.4, 0.5) is 5.82 Å². The highest BCUT2D eigenvalue weighted by molar-refractivity contribution is 6.30. The second-order valence-electron chi connectivity index (χ2n) is 4.95. The number of hydrogen-bond donors (Lipinski definition) is 2. The average Bonchev–Trinajstić information content (AvgIpc) is 2.99. The largest absolute Gasteiger partial charge is 0.394 e. The first-order valence-electron chi connectivity index (χ1n) is 7.20. The third kappa shape index (κ3) is 3.58. The van der Waals surface area contributed by atoms with Gasteiger partial charge in [-0.3, -0.25) is 4.79 Å². The minimum absolute atomic E-state index is 0.0958. The maximum absolute atomic E-state index is 12.3. The quantitative estimate of drug-likeness (QED) is 0.741. The number of carbonyl (C=O) groups excluding carboxylic acids is 1. The normalized spacial score (nSPS) is 10.6. The van der Waals surface area contributed by atoms with Crippen LogP contribution in [0.5, 0.6) is 0 Å². The minimum atomic E-state index is -0.327. The van der Waals surface area contributed by atoms with Gasteiger partial charge in [-0.1, -0.05) is 23.7 Å². The van der Waals surface area contributed by atoms with Crippen molar-refractivity contribution < 1.29 is 9.90 Å². The molecule has 24 heavy (non-hydrogen) atoms. The molecule has 0 bridgehead atoms. The smallest absolute Gasteiger partial charge is 0.258 e. The number of aromatic nitrogens is 4. The molecule has 0 saturated carbocycles. The lowest BCUT2D eigenvalue weighted by atomic mass is 10.1. The fourth-order valence-corrected chi connectivity index (χ4v) is 2.28. The van der Waals surface area contributed by atoms with E-state index in [0.29, 0.717) is 22.1 Å². The van der Waals surface area contributed by atoms with Gasteiger partial charge in [0.1, 0.15) is 5.82 Å². The van der Waals surface area contributed by atoms with Crippen LogP contribution < -0.4 is 5.32 Å². The molecule has 2 N–H and O–H groups in total. The predicted octanol–water partition coefficient (Wildman–Crippen LogP) is 2.24. The Bertz CT molecular complexity index is 833. The van der Waals surface area contributed by atoms with Crippen molar-refractivity contribution in [1.82, 2.24) is 20.0 Å². The molecule has 2 heterocycles. The summed E-state index contributed by atoms with van der Waals surface area (Å²) in [4.78, 5) is 12.3. The van der Waals surface area contributed by atoms with Gasteiger partial charge < -0.3 is 10.4 Å². The summed E-state index contributed by atoms with van der Waals surface area (Å²) < 4.78 is 1.54. The van der Waals surface area contributed by atoms with Gasteiger partial charge in [-0.15, -0.1) is 0 Å². The number of aliphatic hydroxyl groups excluding tert-OH is 1. The Hall–Kier alpha value is -2.77. The highest BCUT2D eigenvalue weighted by Crippen LogP contribution is 2.24. The number of amides is 1. The number of rotatable bonds is 5. The van der Waals surface area contributed by atoms with Gasteiger partial charge >= 0.3 is 0 Å². The second-order valence-corrected chi connectivity index (χ2v) is 5.39. The van der Waals surface area contributed by atoms with Gasteiger partial charge in [-0.05, 0) is 18.2 Å². The summed E-state index contributed by atoms with van der Waals surface area (Å²) in [6.07, 6.45) is 2.82. The fraction of sp³-hybridized carbons (Fsp3) is 0.125. The van der Waals surface area contributed by atoms with E-state index in [1.165, 1.54) is 17.1 Å². The zero-order valence-electron chi connectivity index (χ0n) is 12.6. The van der Waals surface area contributed by atoms with E-state index in [1.54, 1.807) is 24.3 Å². The standard InChI is InChI=1S/C16H14ClN5O2/c17-13-3-1-11(2-4-13)14-9-15(22(21-14)7-8-23)20-16(24)12-5-6-18-19-10-12/h1-6,9-10,23H,7-8H2,(H,20,24). The van der Waals surface area contributed by atoms with E-state index in [4.69, 9.17) is 11.6 Å². The number of halogens is 1. The van der Waals surface area contributed by atoms with E-state index in [1.807, 2.05) is 12.1 Å². The molecule has 3 aromatic rings. The Morgan fingerprint density at radius 2 is 2.00 bits per heavy atom. The molecule has 0 fully saturated rings. The lowest BCUT2D eigenvalue weighted by Gasteiger charge is -2.07. The van der Waals surface area contributed by atoms with E-state index >= 15 is 0 Å². The number of anilines is 1. The first-order chi connectivity index (χ1) is 11.7. The van der Waals surface area contributed by atoms with Gasteiger partial charge in [-0.25, -0.2) is 4.68 Å². The monoisotopic (exact) mass is 343 g/mol. The molecule has 0 unspecified atom stereocenters. The topological polar surface area (TPSA) is 92.9 Å². The number of nitrogens with one attached hydrogen (secondary N) is 1. The van der Waals surface area contributed by atoms with Crippen molar-refractivity contribution >= 4 is 23.3 Å². The summed E-state index contributed by atoms with van der Waals surface area (Å²) in [6, 6.07) is 10.5. The summed E-state index contributed by atoms with van der Waals surface area (Å²) >= 11 is 5.90. The van der Waals surface area contributed by atoms with E-state index < -0.39 is 0 Å². The van der Waals surface area contributed by atoms with Crippen molar-refractivity contribution in [2.45, 2.75) is 6.54 Å². The fourth-order valence-electron chi connectivity index (χ4n) is 2.16. The molecule has 2 aromatic heterocycles. The molecule has 1 amide bonds. The van der Waals surface area contributed by atoms with E-state index in [0.717, 1.165) is 5.56 Å². The van der Waals surface area contributed by atoms with Gasteiger partial charge in [0.2, 0.25) is 0 Å². The number of aliphatic hydroxyl groups is 1. The van der Waals surface area contributed by atoms with Crippen molar-refractivity contribution in [2.24, 2.45) is 0 Å². The molecule has 3 rings (SSSR count). The molecule has 0 aliphatic rings. The van der Waals surface area contributed by atoms with E-state index in [9.17, 15) is 9.90 Å². The van der Waals surface area contributed by atoms with Crippen LogP contribution in [0.3, 0.4) is 0 Å². The highest BCUT2D eigenvalue weighted by atomic mass is 35.5. The molecule has 0 saturated heterocycles. The Morgan fingerprint density at radius 1 is 1.21 bits per heavy atom. The average molecular weight is 344 g/mol. The zero-order valence-corrected chi connectivity index (χ0v) is 13.3. The lowest BCUT2D eigenvalue weighted by molar-refractivity contribution is 0.102. The lowest BCUT2D eigenvalue weighted by Crippen LogP contribution is -2.17. The number of hydrogen-bond acceptors (Lipinski definition) is 5. The molecule has 0 aliphatic carbocycles. The Labute approximate surface area is 142 Å². The molecule has 8 heteroatoms. The van der Waals surface area contributed by atoms with Crippen LogP contribution in [0.25, 0.3) is 11.3 Å². The Kier molecular flexibility index (Phi) is 4.83. The Balaban J connectivity index is 1.89. The molecule has 1 aromatic carbocycles. The highest BCUT2D eigenvalue weighted by Gasteiger charge is 2.13. The van der Waals surface area contributed by atoms with Crippen LogP contribution in [0.1, 0.15) is 10.4 Å². The third-order valence-corrected chi connectivity index (χ3v) is 3.57. The summed E-state index contributed by atoms with van der Waals surface area (Å²) in [5.74, 6) is 0.155. The Morgan fingerprint density at radius 3 is 2.67 bits per heavy atom. The van der Waals surface area contributed by atoms with Crippen LogP contribution in [0.2, 0.25) is 5.02 Å². The SMILES string of the molecule is O=C(Nc1cc(-c2ccc(Cl)cc2)nn1CCO)c1ccnnc1. The van der Waals surface area contributed by atoms with Gasteiger partial charge in [-0.2, -0.15) is 15.3 Å². The van der Waals surface area contributed by atoms with Crippen molar-refractivity contribution in [2.75, 3.05) is 11.9 Å². The first-order valence-corrected chi connectivity index (χ1v) is 7.58. The van der Waals surface area contributed by atoms with Gasteiger partial charge in [0, 0.05) is 16.7 Å². The summed E-state index contributed by atoms with van der Waals surface area (Å²) in [5.41, 5.74) is 1.91. The number of carbonyl (C=O) groups is 1. The molecule has 0 aliphatic heterocycles. The van der Waals surface area contributed by atoms with Crippen molar-refractivity contribution in [3.05, 3.63) is 59.4 Å². The molecular formula is C16H14ClN5O2. The van der Waals surface area contributed by atoms with Gasteiger partial charge in [0.25, 0.3) is 5.91 Å². The summed E-state index contributed by atoms with van der Waals surface area (Å²) in [5, 5.41) is 24.3. The van der Waals surface area contributed by atoms with Crippen LogP contribution >= 0.6 is 11.6 Å².